The van der Waals surface area contributed by atoms with Gasteiger partial charge in [0.2, 0.25) is 0 Å². The fraction of sp³-hybridized carbons (Fsp3) is 0.417. The minimum absolute atomic E-state index is 0.0764. The van der Waals surface area contributed by atoms with Gasteiger partial charge in [0.05, 0.1) is 7.11 Å². The molecule has 1 atom stereocenters. The summed E-state index contributed by atoms with van der Waals surface area (Å²) in [4.78, 5) is 25.0. The quantitative estimate of drug-likeness (QED) is 0.491. The maximum absolute atomic E-state index is 12.1. The molecule has 1 unspecified atom stereocenters. The standard InChI is InChI=1S/C24H31NO5/c1-18(26)8-7-11-24(27)30-21(16-25(2)3)17-29-20-14-12-19(13-15-20)22-9-5-6-10-23(22)28-4/h5-6,9-10,12-15,21H,7-8,11,16-17H2,1-4H3. The van der Waals surface area contributed by atoms with Gasteiger partial charge in [0, 0.05) is 24.9 Å². The molecule has 0 saturated heterocycles. The molecule has 2 rings (SSSR count). The molecule has 6 nitrogen and oxygen atoms in total. The SMILES string of the molecule is COc1ccccc1-c1ccc(OCC(CN(C)C)OC(=O)CCCC(C)=O)cc1. The van der Waals surface area contributed by atoms with Gasteiger partial charge in [-0.25, -0.2) is 0 Å². The van der Waals surface area contributed by atoms with Crippen LogP contribution in [0.2, 0.25) is 0 Å². The van der Waals surface area contributed by atoms with Crippen molar-refractivity contribution in [3.63, 3.8) is 0 Å². The highest BCUT2D eigenvalue weighted by molar-refractivity contribution is 5.76. The second-order valence-corrected chi connectivity index (χ2v) is 7.47. The predicted octanol–water partition coefficient (Wildman–Crippen LogP) is 3.97. The third-order valence-corrected chi connectivity index (χ3v) is 4.48. The average molecular weight is 414 g/mol. The largest absolute Gasteiger partial charge is 0.496 e. The number of rotatable bonds is 12. The molecule has 162 valence electrons. The number of nitrogens with zero attached hydrogens (tertiary/aromatic N) is 1. The van der Waals surface area contributed by atoms with Crippen molar-refractivity contribution in [1.29, 1.82) is 0 Å². The van der Waals surface area contributed by atoms with Gasteiger partial charge in [-0.1, -0.05) is 30.3 Å². The van der Waals surface area contributed by atoms with E-state index in [-0.39, 0.29) is 24.8 Å². The van der Waals surface area contributed by atoms with E-state index >= 15 is 0 Å². The Hall–Kier alpha value is -2.86. The number of carbonyl (C=O) groups is 2. The summed E-state index contributed by atoms with van der Waals surface area (Å²) in [6.45, 7) is 2.33. The van der Waals surface area contributed by atoms with Crippen LogP contribution in [0.3, 0.4) is 0 Å². The van der Waals surface area contributed by atoms with E-state index in [4.69, 9.17) is 14.2 Å². The van der Waals surface area contributed by atoms with Crippen molar-refractivity contribution in [3.8, 4) is 22.6 Å². The van der Waals surface area contributed by atoms with E-state index < -0.39 is 6.10 Å². The van der Waals surface area contributed by atoms with Crippen molar-refractivity contribution >= 4 is 11.8 Å². The first kappa shape index (κ1) is 23.4. The van der Waals surface area contributed by atoms with Crippen LogP contribution >= 0.6 is 0 Å². The molecule has 0 radical (unpaired) electrons. The number of likely N-dealkylation sites (N-methyl/N-ethyl adjacent to an activating group) is 1. The number of benzene rings is 2. The Bertz CT molecular complexity index is 817. The molecular weight excluding hydrogens is 382 g/mol. The zero-order valence-corrected chi connectivity index (χ0v) is 18.2. The van der Waals surface area contributed by atoms with E-state index in [2.05, 4.69) is 0 Å². The summed E-state index contributed by atoms with van der Waals surface area (Å²) in [5, 5.41) is 0. The highest BCUT2D eigenvalue weighted by Gasteiger charge is 2.17. The van der Waals surface area contributed by atoms with Crippen molar-refractivity contribution in [2.45, 2.75) is 32.3 Å². The van der Waals surface area contributed by atoms with Crippen LogP contribution in [0.1, 0.15) is 26.2 Å². The van der Waals surface area contributed by atoms with Gasteiger partial charge in [-0.05, 0) is 51.2 Å². The van der Waals surface area contributed by atoms with Crippen LogP contribution in [0.5, 0.6) is 11.5 Å². The number of hydrogen-bond donors (Lipinski definition) is 0. The van der Waals surface area contributed by atoms with Gasteiger partial charge >= 0.3 is 5.97 Å². The first-order chi connectivity index (χ1) is 14.4. The minimum Gasteiger partial charge on any atom is -0.496 e. The molecule has 6 heteroatoms. The Morgan fingerprint density at radius 3 is 2.33 bits per heavy atom. The molecule has 0 heterocycles. The number of carbonyl (C=O) groups excluding carboxylic acids is 2. The monoisotopic (exact) mass is 413 g/mol. The van der Waals surface area contributed by atoms with Crippen LogP contribution in [-0.4, -0.2) is 57.1 Å². The van der Waals surface area contributed by atoms with Gasteiger partial charge in [-0.2, -0.15) is 0 Å². The van der Waals surface area contributed by atoms with Crippen LogP contribution < -0.4 is 9.47 Å². The summed E-state index contributed by atoms with van der Waals surface area (Å²) in [5.74, 6) is 1.28. The lowest BCUT2D eigenvalue weighted by Crippen LogP contribution is -2.35. The lowest BCUT2D eigenvalue weighted by molar-refractivity contribution is -0.151. The topological polar surface area (TPSA) is 65.1 Å². The normalized spacial score (nSPS) is 11.8. The molecular formula is C24H31NO5. The van der Waals surface area contributed by atoms with Crippen molar-refractivity contribution in [3.05, 3.63) is 48.5 Å². The fourth-order valence-corrected chi connectivity index (χ4v) is 3.06. The van der Waals surface area contributed by atoms with Crippen LogP contribution in [0, 0.1) is 0 Å². The molecule has 0 aliphatic rings. The highest BCUT2D eigenvalue weighted by atomic mass is 16.6. The van der Waals surface area contributed by atoms with Crippen LogP contribution in [0.15, 0.2) is 48.5 Å². The fourth-order valence-electron chi connectivity index (χ4n) is 3.06. The minimum atomic E-state index is -0.390. The van der Waals surface area contributed by atoms with Gasteiger partial charge in [0.15, 0.2) is 0 Å². The van der Waals surface area contributed by atoms with Crippen LogP contribution in [0.4, 0.5) is 0 Å². The average Bonchev–Trinajstić information content (AvgIpc) is 2.71. The molecule has 0 aliphatic heterocycles. The number of ketones is 1. The maximum atomic E-state index is 12.1. The zero-order chi connectivity index (χ0) is 21.9. The van der Waals surface area contributed by atoms with Gasteiger partial charge in [0.25, 0.3) is 0 Å². The molecule has 0 aliphatic carbocycles. The zero-order valence-electron chi connectivity index (χ0n) is 18.2. The third-order valence-electron chi connectivity index (χ3n) is 4.48. The molecule has 2 aromatic carbocycles. The number of ether oxygens (including phenoxy) is 3. The smallest absolute Gasteiger partial charge is 0.306 e. The lowest BCUT2D eigenvalue weighted by Gasteiger charge is -2.22. The molecule has 0 bridgehead atoms. The molecule has 30 heavy (non-hydrogen) atoms. The second kappa shape index (κ2) is 12.0. The summed E-state index contributed by atoms with van der Waals surface area (Å²) in [6, 6.07) is 15.6. The van der Waals surface area contributed by atoms with Crippen molar-refractivity contribution in [1.82, 2.24) is 4.90 Å². The van der Waals surface area contributed by atoms with Gasteiger partial charge < -0.3 is 23.9 Å². The van der Waals surface area contributed by atoms with E-state index in [1.165, 1.54) is 6.92 Å². The predicted molar refractivity (Wildman–Crippen MR) is 117 cm³/mol. The van der Waals surface area contributed by atoms with Gasteiger partial charge in [-0.15, -0.1) is 0 Å². The lowest BCUT2D eigenvalue weighted by atomic mass is 10.0. The molecule has 0 amide bonds. The Morgan fingerprint density at radius 2 is 1.70 bits per heavy atom. The number of methoxy groups -OCH3 is 1. The van der Waals surface area contributed by atoms with Crippen LogP contribution in [0.25, 0.3) is 11.1 Å². The third kappa shape index (κ3) is 7.87. The molecule has 0 aromatic heterocycles. The molecule has 0 spiro atoms. The first-order valence-electron chi connectivity index (χ1n) is 10.1. The van der Waals surface area contributed by atoms with E-state index in [1.54, 1.807) is 7.11 Å². The summed E-state index contributed by atoms with van der Waals surface area (Å²) in [6.07, 6.45) is 0.743. The van der Waals surface area contributed by atoms with Crippen molar-refractivity contribution in [2.24, 2.45) is 0 Å². The maximum Gasteiger partial charge on any atom is 0.306 e. The van der Waals surface area contributed by atoms with E-state index in [1.807, 2.05) is 67.5 Å². The molecule has 0 saturated carbocycles. The number of hydrogen-bond acceptors (Lipinski definition) is 6. The summed E-state index contributed by atoms with van der Waals surface area (Å²) in [5.41, 5.74) is 2.04. The number of Topliss-reactive ketones (excluding diaryl/α,β-unsaturated/α-hetero) is 1. The molecule has 0 N–H and O–H groups in total. The Labute approximate surface area is 178 Å². The number of para-hydroxylation sites is 1. The van der Waals surface area contributed by atoms with E-state index in [0.29, 0.717) is 25.1 Å². The summed E-state index contributed by atoms with van der Waals surface area (Å²) >= 11 is 0. The second-order valence-electron chi connectivity index (χ2n) is 7.47. The summed E-state index contributed by atoms with van der Waals surface area (Å²) < 4.78 is 16.8. The highest BCUT2D eigenvalue weighted by Crippen LogP contribution is 2.30. The Morgan fingerprint density at radius 1 is 1.00 bits per heavy atom. The van der Waals surface area contributed by atoms with Crippen molar-refractivity contribution in [2.75, 3.05) is 34.4 Å². The number of esters is 1. The Kier molecular flexibility index (Phi) is 9.35. The van der Waals surface area contributed by atoms with E-state index in [0.717, 1.165) is 16.9 Å². The summed E-state index contributed by atoms with van der Waals surface area (Å²) in [7, 11) is 5.49. The van der Waals surface area contributed by atoms with Gasteiger partial charge in [-0.3, -0.25) is 4.79 Å². The molecule has 2 aromatic rings. The van der Waals surface area contributed by atoms with Crippen LogP contribution in [-0.2, 0) is 14.3 Å². The van der Waals surface area contributed by atoms with E-state index in [9.17, 15) is 9.59 Å². The molecule has 0 fully saturated rings. The van der Waals surface area contributed by atoms with Gasteiger partial charge in [0.1, 0.15) is 30.0 Å². The first-order valence-corrected chi connectivity index (χ1v) is 10.1. The Balaban J connectivity index is 1.94. The van der Waals surface area contributed by atoms with Crippen molar-refractivity contribution < 1.29 is 23.8 Å².